The SMILES string of the molecule is O=c1[nH]c(CN2CCOCC2)nc2scc(-c3ccc(F)cc3)c12. The number of hydrogen-bond donors (Lipinski definition) is 1. The molecule has 1 fully saturated rings. The molecule has 1 N–H and O–H groups in total. The van der Waals surface area contributed by atoms with Crippen LogP contribution in [0.25, 0.3) is 21.3 Å². The summed E-state index contributed by atoms with van der Waals surface area (Å²) in [5.41, 5.74) is 1.46. The zero-order chi connectivity index (χ0) is 16.5. The highest BCUT2D eigenvalue weighted by atomic mass is 32.1. The average Bonchev–Trinajstić information content (AvgIpc) is 3.01. The molecule has 0 bridgehead atoms. The molecular weight excluding hydrogens is 329 g/mol. The smallest absolute Gasteiger partial charge is 0.260 e. The van der Waals surface area contributed by atoms with Crippen LogP contribution in [0.4, 0.5) is 4.39 Å². The van der Waals surface area contributed by atoms with Gasteiger partial charge in [0.05, 0.1) is 25.1 Å². The molecule has 1 saturated heterocycles. The van der Waals surface area contributed by atoms with Crippen molar-refractivity contribution in [2.24, 2.45) is 0 Å². The first kappa shape index (κ1) is 15.4. The number of nitrogens with zero attached hydrogens (tertiary/aromatic N) is 2. The summed E-state index contributed by atoms with van der Waals surface area (Å²) in [5.74, 6) is 0.375. The van der Waals surface area contributed by atoms with E-state index in [1.807, 2.05) is 5.38 Å². The van der Waals surface area contributed by atoms with Gasteiger partial charge in [-0.2, -0.15) is 0 Å². The number of nitrogens with one attached hydrogen (secondary N) is 1. The van der Waals surface area contributed by atoms with E-state index in [0.29, 0.717) is 35.8 Å². The maximum atomic E-state index is 13.1. The number of hydrogen-bond acceptors (Lipinski definition) is 5. The van der Waals surface area contributed by atoms with E-state index >= 15 is 0 Å². The molecule has 1 aromatic carbocycles. The van der Waals surface area contributed by atoms with Crippen LogP contribution in [0.1, 0.15) is 5.82 Å². The van der Waals surface area contributed by atoms with Gasteiger partial charge < -0.3 is 9.72 Å². The van der Waals surface area contributed by atoms with E-state index in [9.17, 15) is 9.18 Å². The van der Waals surface area contributed by atoms with Gasteiger partial charge in [0.2, 0.25) is 0 Å². The van der Waals surface area contributed by atoms with Crippen molar-refractivity contribution in [1.82, 2.24) is 14.9 Å². The Bertz CT molecular complexity index is 914. The predicted octanol–water partition coefficient (Wildman–Crippen LogP) is 2.62. The van der Waals surface area contributed by atoms with Gasteiger partial charge >= 0.3 is 0 Å². The molecule has 3 heterocycles. The zero-order valence-electron chi connectivity index (χ0n) is 12.9. The van der Waals surface area contributed by atoms with Gasteiger partial charge in [-0.1, -0.05) is 12.1 Å². The molecule has 0 radical (unpaired) electrons. The number of H-pyrrole nitrogens is 1. The fourth-order valence-electron chi connectivity index (χ4n) is 2.88. The van der Waals surface area contributed by atoms with Crippen molar-refractivity contribution in [2.45, 2.75) is 6.54 Å². The molecule has 0 aliphatic carbocycles. The van der Waals surface area contributed by atoms with Crippen LogP contribution in [-0.4, -0.2) is 41.2 Å². The van der Waals surface area contributed by atoms with E-state index in [1.165, 1.54) is 23.5 Å². The van der Waals surface area contributed by atoms with Gasteiger partial charge in [-0.05, 0) is 17.7 Å². The molecule has 4 rings (SSSR count). The minimum Gasteiger partial charge on any atom is -0.379 e. The summed E-state index contributed by atoms with van der Waals surface area (Å²) >= 11 is 1.44. The number of ether oxygens (including phenoxy) is 1. The van der Waals surface area contributed by atoms with Crippen molar-refractivity contribution >= 4 is 21.6 Å². The topological polar surface area (TPSA) is 58.2 Å². The molecule has 24 heavy (non-hydrogen) atoms. The lowest BCUT2D eigenvalue weighted by Crippen LogP contribution is -2.36. The minimum atomic E-state index is -0.293. The average molecular weight is 345 g/mol. The Kier molecular flexibility index (Phi) is 4.13. The summed E-state index contributed by atoms with van der Waals surface area (Å²) < 4.78 is 18.4. The Morgan fingerprint density at radius 1 is 1.25 bits per heavy atom. The second-order valence-corrected chi connectivity index (χ2v) is 6.60. The molecule has 1 aliphatic rings. The third-order valence-electron chi connectivity index (χ3n) is 4.13. The Morgan fingerprint density at radius 2 is 2.00 bits per heavy atom. The van der Waals surface area contributed by atoms with E-state index in [0.717, 1.165) is 24.2 Å². The number of thiophene rings is 1. The molecule has 5 nitrogen and oxygen atoms in total. The number of aromatic nitrogens is 2. The molecule has 0 spiro atoms. The first-order valence-electron chi connectivity index (χ1n) is 7.77. The van der Waals surface area contributed by atoms with Gasteiger partial charge in [-0.15, -0.1) is 11.3 Å². The summed E-state index contributed by atoms with van der Waals surface area (Å²) in [7, 11) is 0. The third-order valence-corrected chi connectivity index (χ3v) is 5.00. The van der Waals surface area contributed by atoms with E-state index in [1.54, 1.807) is 12.1 Å². The number of fused-ring (bicyclic) bond motifs is 1. The second-order valence-electron chi connectivity index (χ2n) is 5.74. The highest BCUT2D eigenvalue weighted by molar-refractivity contribution is 7.17. The highest BCUT2D eigenvalue weighted by Crippen LogP contribution is 2.30. The molecule has 3 aromatic rings. The van der Waals surface area contributed by atoms with Gasteiger partial charge in [-0.25, -0.2) is 9.37 Å². The molecule has 0 atom stereocenters. The highest BCUT2D eigenvalue weighted by Gasteiger charge is 2.16. The molecule has 124 valence electrons. The molecule has 0 saturated carbocycles. The molecule has 7 heteroatoms. The van der Waals surface area contributed by atoms with Crippen molar-refractivity contribution in [3.05, 3.63) is 51.6 Å². The summed E-state index contributed by atoms with van der Waals surface area (Å²) in [5, 5.41) is 2.47. The van der Waals surface area contributed by atoms with Crippen molar-refractivity contribution in [3.8, 4) is 11.1 Å². The van der Waals surface area contributed by atoms with Crippen molar-refractivity contribution in [2.75, 3.05) is 26.3 Å². The summed E-state index contributed by atoms with van der Waals surface area (Å²) in [6, 6.07) is 6.15. The van der Waals surface area contributed by atoms with Gasteiger partial charge in [0.15, 0.2) is 0 Å². The lowest BCUT2D eigenvalue weighted by atomic mass is 10.1. The lowest BCUT2D eigenvalue weighted by Gasteiger charge is -2.25. The maximum Gasteiger partial charge on any atom is 0.260 e. The number of rotatable bonds is 3. The van der Waals surface area contributed by atoms with Crippen molar-refractivity contribution in [3.63, 3.8) is 0 Å². The number of aromatic amines is 1. The minimum absolute atomic E-state index is 0.149. The van der Waals surface area contributed by atoms with E-state index < -0.39 is 0 Å². The number of benzene rings is 1. The molecule has 1 aliphatic heterocycles. The molecule has 0 unspecified atom stereocenters. The fourth-order valence-corrected chi connectivity index (χ4v) is 3.85. The monoisotopic (exact) mass is 345 g/mol. The van der Waals surface area contributed by atoms with Crippen molar-refractivity contribution in [1.29, 1.82) is 0 Å². The van der Waals surface area contributed by atoms with Gasteiger partial charge in [0, 0.05) is 24.0 Å². The Balaban J connectivity index is 1.70. The van der Waals surface area contributed by atoms with E-state index in [2.05, 4.69) is 14.9 Å². The standard InChI is InChI=1S/C17H16FN3O2S/c18-12-3-1-11(2-4-12)13-10-24-17-15(13)16(22)19-14(20-17)9-21-5-7-23-8-6-21/h1-4,10H,5-9H2,(H,19,20,22). The molecule has 2 aromatic heterocycles. The predicted molar refractivity (Wildman–Crippen MR) is 91.7 cm³/mol. The fraction of sp³-hybridized carbons (Fsp3) is 0.294. The van der Waals surface area contributed by atoms with Crippen LogP contribution in [0.2, 0.25) is 0 Å². The number of morpholine rings is 1. The summed E-state index contributed by atoms with van der Waals surface area (Å²) in [4.78, 5) is 23.0. The van der Waals surface area contributed by atoms with Crippen LogP contribution < -0.4 is 5.56 Å². The first-order valence-corrected chi connectivity index (χ1v) is 8.65. The van der Waals surface area contributed by atoms with Crippen LogP contribution >= 0.6 is 11.3 Å². The van der Waals surface area contributed by atoms with Crippen LogP contribution in [0.15, 0.2) is 34.4 Å². The Morgan fingerprint density at radius 3 is 2.75 bits per heavy atom. The molecular formula is C17H16FN3O2S. The Labute approximate surface area is 141 Å². The van der Waals surface area contributed by atoms with Gasteiger partial charge in [0.25, 0.3) is 5.56 Å². The first-order chi connectivity index (χ1) is 11.7. The van der Waals surface area contributed by atoms with Crippen molar-refractivity contribution < 1.29 is 9.13 Å². The van der Waals surface area contributed by atoms with Crippen LogP contribution in [0.5, 0.6) is 0 Å². The van der Waals surface area contributed by atoms with E-state index in [4.69, 9.17) is 4.74 Å². The quantitative estimate of drug-likeness (QED) is 0.793. The van der Waals surface area contributed by atoms with E-state index in [-0.39, 0.29) is 11.4 Å². The van der Waals surface area contributed by atoms with Crippen LogP contribution in [-0.2, 0) is 11.3 Å². The third kappa shape index (κ3) is 2.98. The molecule has 0 amide bonds. The van der Waals surface area contributed by atoms with Gasteiger partial charge in [0.1, 0.15) is 16.5 Å². The second kappa shape index (κ2) is 6.43. The summed E-state index contributed by atoms with van der Waals surface area (Å²) in [6.07, 6.45) is 0. The van der Waals surface area contributed by atoms with Crippen LogP contribution in [0, 0.1) is 5.82 Å². The maximum absolute atomic E-state index is 13.1. The normalized spacial score (nSPS) is 15.9. The zero-order valence-corrected chi connectivity index (χ0v) is 13.7. The lowest BCUT2D eigenvalue weighted by molar-refractivity contribution is 0.0331. The van der Waals surface area contributed by atoms with Gasteiger partial charge in [-0.3, -0.25) is 9.69 Å². The number of halogens is 1. The summed E-state index contributed by atoms with van der Waals surface area (Å²) in [6.45, 7) is 3.71. The van der Waals surface area contributed by atoms with Crippen LogP contribution in [0.3, 0.4) is 0 Å². The Hall–Kier alpha value is -2.09. The largest absolute Gasteiger partial charge is 0.379 e.